The summed E-state index contributed by atoms with van der Waals surface area (Å²) in [6.07, 6.45) is -6.82. The monoisotopic (exact) mass is 300 g/mol. The Morgan fingerprint density at radius 2 is 1.86 bits per heavy atom. The lowest BCUT2D eigenvalue weighted by Crippen LogP contribution is -2.60. The van der Waals surface area contributed by atoms with Gasteiger partial charge in [0.15, 0.2) is 6.23 Å². The molecule has 0 aromatic heterocycles. The van der Waals surface area contributed by atoms with Crippen molar-refractivity contribution < 1.29 is 30.1 Å². The number of nitro groups is 1. The van der Waals surface area contributed by atoms with Crippen LogP contribution >= 0.6 is 0 Å². The molecule has 21 heavy (non-hydrogen) atoms. The van der Waals surface area contributed by atoms with Gasteiger partial charge in [-0.3, -0.25) is 10.1 Å². The number of aliphatic hydroxyl groups is 4. The van der Waals surface area contributed by atoms with Gasteiger partial charge >= 0.3 is 0 Å². The van der Waals surface area contributed by atoms with Crippen LogP contribution in [0.4, 0.5) is 11.4 Å². The molecule has 1 fully saturated rings. The molecule has 0 aliphatic carbocycles. The van der Waals surface area contributed by atoms with Gasteiger partial charge in [-0.1, -0.05) is 12.1 Å². The molecule has 1 aromatic rings. The Balaban J connectivity index is 2.20. The summed E-state index contributed by atoms with van der Waals surface area (Å²) in [6.45, 7) is -0.569. The van der Waals surface area contributed by atoms with Gasteiger partial charge in [-0.25, -0.2) is 0 Å². The molecule has 0 saturated carbocycles. The van der Waals surface area contributed by atoms with Crippen LogP contribution in [0, 0.1) is 10.1 Å². The number of benzene rings is 1. The molecule has 0 unspecified atom stereocenters. The molecule has 0 spiro atoms. The Labute approximate surface area is 119 Å². The zero-order valence-corrected chi connectivity index (χ0v) is 10.9. The van der Waals surface area contributed by atoms with Gasteiger partial charge in [-0.2, -0.15) is 0 Å². The van der Waals surface area contributed by atoms with Crippen molar-refractivity contribution in [1.82, 2.24) is 0 Å². The highest BCUT2D eigenvalue weighted by Gasteiger charge is 2.43. The van der Waals surface area contributed by atoms with Crippen LogP contribution in [0.2, 0.25) is 0 Å². The second-order valence-electron chi connectivity index (χ2n) is 4.67. The van der Waals surface area contributed by atoms with Gasteiger partial charge < -0.3 is 30.5 Å². The fourth-order valence-electron chi connectivity index (χ4n) is 2.13. The Morgan fingerprint density at radius 3 is 2.48 bits per heavy atom. The van der Waals surface area contributed by atoms with Crippen LogP contribution in [-0.4, -0.2) is 62.6 Å². The molecule has 0 bridgehead atoms. The predicted molar refractivity (Wildman–Crippen MR) is 70.5 cm³/mol. The number of nitrogens with zero attached hydrogens (tertiary/aromatic N) is 1. The van der Waals surface area contributed by atoms with E-state index < -0.39 is 42.2 Å². The van der Waals surface area contributed by atoms with Crippen LogP contribution in [0.3, 0.4) is 0 Å². The number of rotatable bonds is 4. The number of aliphatic hydroxyl groups excluding tert-OH is 4. The molecule has 5 atom stereocenters. The van der Waals surface area contributed by atoms with E-state index in [0.29, 0.717) is 0 Å². The summed E-state index contributed by atoms with van der Waals surface area (Å²) < 4.78 is 5.23. The highest BCUT2D eigenvalue weighted by Crippen LogP contribution is 2.28. The molecule has 9 nitrogen and oxygen atoms in total. The Morgan fingerprint density at radius 1 is 1.19 bits per heavy atom. The molecule has 116 valence electrons. The fraction of sp³-hybridized carbons (Fsp3) is 0.500. The van der Waals surface area contributed by atoms with Crippen LogP contribution in [-0.2, 0) is 4.74 Å². The third-order valence-electron chi connectivity index (χ3n) is 3.29. The van der Waals surface area contributed by atoms with Gasteiger partial charge in [-0.15, -0.1) is 0 Å². The highest BCUT2D eigenvalue weighted by molar-refractivity contribution is 5.61. The lowest BCUT2D eigenvalue weighted by Gasteiger charge is -2.40. The Hall–Kier alpha value is -1.78. The summed E-state index contributed by atoms with van der Waals surface area (Å²) >= 11 is 0. The van der Waals surface area contributed by atoms with Gasteiger partial charge in [0.1, 0.15) is 30.1 Å². The van der Waals surface area contributed by atoms with Gasteiger partial charge in [0.2, 0.25) is 0 Å². The van der Waals surface area contributed by atoms with E-state index in [1.165, 1.54) is 18.2 Å². The average molecular weight is 300 g/mol. The summed E-state index contributed by atoms with van der Waals surface area (Å²) in [7, 11) is 0. The summed E-state index contributed by atoms with van der Waals surface area (Å²) in [4.78, 5) is 10.3. The van der Waals surface area contributed by atoms with Gasteiger partial charge in [0.05, 0.1) is 11.5 Å². The van der Waals surface area contributed by atoms with E-state index in [1.54, 1.807) is 6.07 Å². The number of hydrogen-bond acceptors (Lipinski definition) is 8. The lowest BCUT2D eigenvalue weighted by molar-refractivity contribution is -0.384. The fourth-order valence-corrected chi connectivity index (χ4v) is 2.13. The van der Waals surface area contributed by atoms with Crippen molar-refractivity contribution in [1.29, 1.82) is 0 Å². The van der Waals surface area contributed by atoms with Gasteiger partial charge in [0.25, 0.3) is 5.69 Å². The standard InChI is InChI=1S/C12H16N2O7/c15-5-8-9(16)10(17)11(18)12(21-8)13-6-3-1-2-4-7(6)14(19)20/h1-4,8-13,15-18H,5H2/t8-,9+,10+,11-,12-/m1/s1. The molecule has 0 radical (unpaired) electrons. The first kappa shape index (κ1) is 15.6. The normalized spacial score (nSPS) is 32.7. The first-order valence-corrected chi connectivity index (χ1v) is 6.26. The Bertz CT molecular complexity index is 510. The minimum atomic E-state index is -1.55. The molecular weight excluding hydrogens is 284 g/mol. The third-order valence-corrected chi connectivity index (χ3v) is 3.29. The van der Waals surface area contributed by atoms with Crippen LogP contribution in [0.1, 0.15) is 0 Å². The van der Waals surface area contributed by atoms with E-state index in [-0.39, 0.29) is 11.4 Å². The number of ether oxygens (including phenoxy) is 1. The van der Waals surface area contributed by atoms with E-state index in [2.05, 4.69) is 5.32 Å². The van der Waals surface area contributed by atoms with Crippen LogP contribution < -0.4 is 5.32 Å². The first-order chi connectivity index (χ1) is 9.95. The SMILES string of the molecule is O=[N+]([O-])c1ccccc1N[C@@H]1O[C@H](CO)[C@H](O)[C@H](O)[C@H]1O. The molecular formula is C12H16N2O7. The highest BCUT2D eigenvalue weighted by atomic mass is 16.6. The lowest BCUT2D eigenvalue weighted by atomic mass is 9.98. The zero-order chi connectivity index (χ0) is 15.6. The van der Waals surface area contributed by atoms with Crippen molar-refractivity contribution in [2.75, 3.05) is 11.9 Å². The van der Waals surface area contributed by atoms with E-state index in [1.807, 2.05) is 0 Å². The van der Waals surface area contributed by atoms with E-state index in [9.17, 15) is 25.4 Å². The van der Waals surface area contributed by atoms with Crippen LogP contribution in [0.15, 0.2) is 24.3 Å². The van der Waals surface area contributed by atoms with Crippen LogP contribution in [0.5, 0.6) is 0 Å². The predicted octanol–water partition coefficient (Wildman–Crippen LogP) is -1.19. The molecule has 9 heteroatoms. The zero-order valence-electron chi connectivity index (χ0n) is 10.9. The molecule has 1 aromatic carbocycles. The van der Waals surface area contributed by atoms with Crippen molar-refractivity contribution in [2.45, 2.75) is 30.6 Å². The first-order valence-electron chi connectivity index (χ1n) is 6.26. The summed E-state index contributed by atoms with van der Waals surface area (Å²) in [6, 6.07) is 5.72. The van der Waals surface area contributed by atoms with Crippen molar-refractivity contribution in [3.05, 3.63) is 34.4 Å². The van der Waals surface area contributed by atoms with Crippen LogP contribution in [0.25, 0.3) is 0 Å². The molecule has 1 aliphatic heterocycles. The van der Waals surface area contributed by atoms with Crippen molar-refractivity contribution in [3.63, 3.8) is 0 Å². The smallest absolute Gasteiger partial charge is 0.292 e. The number of anilines is 1. The maximum Gasteiger partial charge on any atom is 0.292 e. The quantitative estimate of drug-likeness (QED) is 0.344. The number of hydrogen-bond donors (Lipinski definition) is 5. The maximum atomic E-state index is 10.9. The van der Waals surface area contributed by atoms with Crippen molar-refractivity contribution >= 4 is 11.4 Å². The van der Waals surface area contributed by atoms with E-state index in [0.717, 1.165) is 0 Å². The van der Waals surface area contributed by atoms with Crippen molar-refractivity contribution in [2.24, 2.45) is 0 Å². The third kappa shape index (κ3) is 3.12. The molecule has 0 amide bonds. The van der Waals surface area contributed by atoms with Crippen molar-refractivity contribution in [3.8, 4) is 0 Å². The Kier molecular flexibility index (Phi) is 4.70. The van der Waals surface area contributed by atoms with Gasteiger partial charge in [0, 0.05) is 6.07 Å². The molecule has 1 heterocycles. The summed E-state index contributed by atoms with van der Waals surface area (Å²) in [5.41, 5.74) is -0.138. The molecule has 1 saturated heterocycles. The minimum Gasteiger partial charge on any atom is -0.394 e. The topological polar surface area (TPSA) is 145 Å². The second kappa shape index (κ2) is 6.33. The molecule has 2 rings (SSSR count). The summed E-state index contributed by atoms with van der Waals surface area (Å²) in [5.74, 6) is 0. The largest absolute Gasteiger partial charge is 0.394 e. The number of nitro benzene ring substituents is 1. The van der Waals surface area contributed by atoms with E-state index in [4.69, 9.17) is 9.84 Å². The number of nitrogens with one attached hydrogen (secondary N) is 1. The molecule has 1 aliphatic rings. The number of para-hydroxylation sites is 2. The minimum absolute atomic E-state index is 0.0897. The van der Waals surface area contributed by atoms with Gasteiger partial charge in [-0.05, 0) is 6.07 Å². The average Bonchev–Trinajstić information content (AvgIpc) is 2.48. The molecule has 5 N–H and O–H groups in total. The summed E-state index contributed by atoms with van der Waals surface area (Å²) in [5, 5.41) is 51.8. The second-order valence-corrected chi connectivity index (χ2v) is 4.67. The van der Waals surface area contributed by atoms with E-state index >= 15 is 0 Å². The maximum absolute atomic E-state index is 10.9.